The maximum absolute atomic E-state index is 12.3. The molecule has 138 valence electrons. The molecule has 0 radical (unpaired) electrons. The van der Waals surface area contributed by atoms with Crippen molar-refractivity contribution in [2.75, 3.05) is 7.11 Å². The third kappa shape index (κ3) is 5.12. The number of hydrogen-bond acceptors (Lipinski definition) is 2. The summed E-state index contributed by atoms with van der Waals surface area (Å²) in [5.74, 6) is 1.10. The van der Waals surface area contributed by atoms with Crippen molar-refractivity contribution >= 4 is 23.6 Å². The molecule has 0 saturated carbocycles. The largest absolute Gasteiger partial charge is 0.496 e. The minimum atomic E-state index is -0.131. The van der Waals surface area contributed by atoms with E-state index < -0.39 is 0 Å². The Labute approximate surface area is 161 Å². The van der Waals surface area contributed by atoms with Gasteiger partial charge in [0.1, 0.15) is 5.75 Å². The van der Waals surface area contributed by atoms with Gasteiger partial charge in [0.2, 0.25) is 5.91 Å². The molecule has 2 rings (SSSR count). The minimum absolute atomic E-state index is 0.0965. The van der Waals surface area contributed by atoms with E-state index in [0.717, 1.165) is 28.0 Å². The van der Waals surface area contributed by atoms with E-state index >= 15 is 0 Å². The molecule has 0 fully saturated rings. The highest BCUT2D eigenvalue weighted by atomic mass is 35.5. The Kier molecular flexibility index (Phi) is 6.87. The van der Waals surface area contributed by atoms with Crippen LogP contribution in [0.5, 0.6) is 5.75 Å². The van der Waals surface area contributed by atoms with Crippen LogP contribution >= 0.6 is 11.6 Å². The van der Waals surface area contributed by atoms with Crippen molar-refractivity contribution in [1.29, 1.82) is 0 Å². The Morgan fingerprint density at radius 3 is 2.35 bits per heavy atom. The van der Waals surface area contributed by atoms with Crippen molar-refractivity contribution in [3.8, 4) is 5.75 Å². The number of aryl methyl sites for hydroxylation is 1. The number of halogens is 1. The van der Waals surface area contributed by atoms with Crippen LogP contribution in [0.1, 0.15) is 55.0 Å². The molecule has 4 heteroatoms. The van der Waals surface area contributed by atoms with Gasteiger partial charge in [-0.15, -0.1) is 0 Å². The van der Waals surface area contributed by atoms with Crippen LogP contribution in [0.3, 0.4) is 0 Å². The van der Waals surface area contributed by atoms with Crippen LogP contribution < -0.4 is 10.1 Å². The predicted molar refractivity (Wildman–Crippen MR) is 109 cm³/mol. The molecule has 0 spiro atoms. The number of carbonyl (C=O) groups is 1. The van der Waals surface area contributed by atoms with Crippen LogP contribution in [-0.2, 0) is 4.79 Å². The summed E-state index contributed by atoms with van der Waals surface area (Å²) in [6.45, 7) is 8.30. The quantitative estimate of drug-likeness (QED) is 0.664. The summed E-state index contributed by atoms with van der Waals surface area (Å²) in [5, 5.41) is 3.71. The standard InChI is InChI=1S/C22H26ClNO2/c1-14(2)19-13-20(15(3)12-21(19)26-5)16(4)24-22(25)11-8-17-6-9-18(23)10-7-17/h6-14,16H,1-5H3,(H,24,25)/b11-8+/t16-/m1/s1. The number of nitrogens with one attached hydrogen (secondary N) is 1. The lowest BCUT2D eigenvalue weighted by Crippen LogP contribution is -2.25. The molecule has 3 nitrogen and oxygen atoms in total. The van der Waals surface area contributed by atoms with Crippen LogP contribution in [0.25, 0.3) is 6.08 Å². The highest BCUT2D eigenvalue weighted by molar-refractivity contribution is 6.30. The lowest BCUT2D eigenvalue weighted by molar-refractivity contribution is -0.117. The fraction of sp³-hybridized carbons (Fsp3) is 0.318. The number of ether oxygens (including phenoxy) is 1. The minimum Gasteiger partial charge on any atom is -0.496 e. The molecule has 1 amide bonds. The first kappa shape index (κ1) is 20.1. The fourth-order valence-corrected chi connectivity index (χ4v) is 3.02. The molecule has 0 unspecified atom stereocenters. The number of benzene rings is 2. The normalized spacial score (nSPS) is 12.4. The van der Waals surface area contributed by atoms with Crippen molar-refractivity contribution < 1.29 is 9.53 Å². The first-order valence-electron chi connectivity index (χ1n) is 8.74. The van der Waals surface area contributed by atoms with Crippen molar-refractivity contribution in [1.82, 2.24) is 5.32 Å². The molecule has 2 aromatic carbocycles. The molecule has 1 N–H and O–H groups in total. The zero-order valence-corrected chi connectivity index (χ0v) is 16.7. The molecule has 0 aliphatic carbocycles. The molecule has 0 aliphatic rings. The van der Waals surface area contributed by atoms with E-state index in [0.29, 0.717) is 10.9 Å². The molecule has 0 aromatic heterocycles. The van der Waals surface area contributed by atoms with E-state index in [4.69, 9.17) is 16.3 Å². The van der Waals surface area contributed by atoms with Gasteiger partial charge in [-0.25, -0.2) is 0 Å². The molecule has 0 saturated heterocycles. The Hall–Kier alpha value is -2.26. The van der Waals surface area contributed by atoms with Gasteiger partial charge in [0.15, 0.2) is 0 Å². The Balaban J connectivity index is 2.13. The zero-order valence-electron chi connectivity index (χ0n) is 16.0. The van der Waals surface area contributed by atoms with Gasteiger partial charge in [0.05, 0.1) is 13.2 Å². The van der Waals surface area contributed by atoms with Gasteiger partial charge in [-0.3, -0.25) is 4.79 Å². The van der Waals surface area contributed by atoms with Crippen molar-refractivity contribution in [3.05, 3.63) is 69.8 Å². The molecule has 2 aromatic rings. The third-order valence-electron chi connectivity index (χ3n) is 4.36. The van der Waals surface area contributed by atoms with E-state index in [9.17, 15) is 4.79 Å². The molecule has 0 heterocycles. The first-order valence-corrected chi connectivity index (χ1v) is 9.12. The highest BCUT2D eigenvalue weighted by Gasteiger charge is 2.16. The van der Waals surface area contributed by atoms with E-state index in [1.165, 1.54) is 0 Å². The highest BCUT2D eigenvalue weighted by Crippen LogP contribution is 2.32. The molecule has 26 heavy (non-hydrogen) atoms. The van der Waals surface area contributed by atoms with E-state index in [2.05, 4.69) is 25.2 Å². The van der Waals surface area contributed by atoms with Crippen molar-refractivity contribution in [3.63, 3.8) is 0 Å². The van der Waals surface area contributed by atoms with Crippen molar-refractivity contribution in [2.45, 2.75) is 39.7 Å². The first-order chi connectivity index (χ1) is 12.3. The summed E-state index contributed by atoms with van der Waals surface area (Å²) >= 11 is 5.87. The van der Waals surface area contributed by atoms with E-state index in [-0.39, 0.29) is 11.9 Å². The number of methoxy groups -OCH3 is 1. The monoisotopic (exact) mass is 371 g/mol. The molecule has 0 bridgehead atoms. The van der Waals surface area contributed by atoms with Crippen LogP contribution in [0.4, 0.5) is 0 Å². The SMILES string of the molecule is COc1cc(C)c([C@@H](C)NC(=O)/C=C/c2ccc(Cl)cc2)cc1C(C)C. The smallest absolute Gasteiger partial charge is 0.244 e. The van der Waals surface area contributed by atoms with Gasteiger partial charge >= 0.3 is 0 Å². The second kappa shape index (κ2) is 8.91. The zero-order chi connectivity index (χ0) is 19.3. The summed E-state index contributed by atoms with van der Waals surface area (Å²) in [5.41, 5.74) is 4.27. The molecular formula is C22H26ClNO2. The molecular weight excluding hydrogens is 346 g/mol. The molecule has 1 atom stereocenters. The Morgan fingerprint density at radius 2 is 1.77 bits per heavy atom. The summed E-state index contributed by atoms with van der Waals surface area (Å²) in [4.78, 5) is 12.3. The third-order valence-corrected chi connectivity index (χ3v) is 4.61. The summed E-state index contributed by atoms with van der Waals surface area (Å²) in [7, 11) is 1.69. The summed E-state index contributed by atoms with van der Waals surface area (Å²) in [6.07, 6.45) is 3.32. The maximum Gasteiger partial charge on any atom is 0.244 e. The fourth-order valence-electron chi connectivity index (χ4n) is 2.90. The van der Waals surface area contributed by atoms with E-state index in [1.807, 2.05) is 32.0 Å². The van der Waals surface area contributed by atoms with Gasteiger partial charge in [-0.1, -0.05) is 37.6 Å². The lowest BCUT2D eigenvalue weighted by atomic mass is 9.93. The second-order valence-corrected chi connectivity index (χ2v) is 7.16. The van der Waals surface area contributed by atoms with Gasteiger partial charge in [-0.05, 0) is 72.4 Å². The van der Waals surface area contributed by atoms with E-state index in [1.54, 1.807) is 31.4 Å². The summed E-state index contributed by atoms with van der Waals surface area (Å²) in [6, 6.07) is 11.4. The average molecular weight is 372 g/mol. The van der Waals surface area contributed by atoms with Crippen LogP contribution in [0, 0.1) is 6.92 Å². The van der Waals surface area contributed by atoms with Crippen LogP contribution in [0.2, 0.25) is 5.02 Å². The topological polar surface area (TPSA) is 38.3 Å². The Morgan fingerprint density at radius 1 is 1.12 bits per heavy atom. The average Bonchev–Trinajstić information content (AvgIpc) is 2.60. The Bertz CT molecular complexity index is 795. The maximum atomic E-state index is 12.3. The van der Waals surface area contributed by atoms with Gasteiger partial charge in [-0.2, -0.15) is 0 Å². The molecule has 0 aliphatic heterocycles. The number of rotatable bonds is 6. The lowest BCUT2D eigenvalue weighted by Gasteiger charge is -2.20. The van der Waals surface area contributed by atoms with Crippen molar-refractivity contribution in [2.24, 2.45) is 0 Å². The second-order valence-electron chi connectivity index (χ2n) is 6.72. The summed E-state index contributed by atoms with van der Waals surface area (Å²) < 4.78 is 5.49. The van der Waals surface area contributed by atoms with Gasteiger partial charge < -0.3 is 10.1 Å². The van der Waals surface area contributed by atoms with Crippen LogP contribution in [0.15, 0.2) is 42.5 Å². The number of carbonyl (C=O) groups excluding carboxylic acids is 1. The van der Waals surface area contributed by atoms with Gasteiger partial charge in [0, 0.05) is 11.1 Å². The van der Waals surface area contributed by atoms with Gasteiger partial charge in [0.25, 0.3) is 0 Å². The predicted octanol–water partition coefficient (Wildman–Crippen LogP) is 5.67. The number of hydrogen-bond donors (Lipinski definition) is 1. The van der Waals surface area contributed by atoms with Crippen LogP contribution in [-0.4, -0.2) is 13.0 Å². The number of amides is 1.